The van der Waals surface area contributed by atoms with Crippen LogP contribution in [0.25, 0.3) is 0 Å². The third kappa shape index (κ3) is 6.29. The van der Waals surface area contributed by atoms with Gasteiger partial charge in [0.25, 0.3) is 0 Å². The third-order valence-electron chi connectivity index (χ3n) is 3.99. The number of ether oxygens (including phenoxy) is 1. The molecule has 1 fully saturated rings. The second-order valence-electron chi connectivity index (χ2n) is 6.01. The first-order chi connectivity index (χ1) is 11.1. The summed E-state index contributed by atoms with van der Waals surface area (Å²) >= 11 is 1.88. The highest BCUT2D eigenvalue weighted by atomic mass is 32.2. The largest absolute Gasteiger partial charge is 0.491 e. The van der Waals surface area contributed by atoms with Gasteiger partial charge in [-0.05, 0) is 56.7 Å². The van der Waals surface area contributed by atoms with Crippen molar-refractivity contribution in [3.8, 4) is 5.75 Å². The molecule has 0 aliphatic heterocycles. The van der Waals surface area contributed by atoms with Gasteiger partial charge < -0.3 is 15.4 Å². The van der Waals surface area contributed by atoms with Crippen LogP contribution < -0.4 is 15.4 Å². The van der Waals surface area contributed by atoms with Crippen molar-refractivity contribution in [1.29, 1.82) is 0 Å². The first-order valence-corrected chi connectivity index (χ1v) is 9.34. The van der Waals surface area contributed by atoms with E-state index in [0.29, 0.717) is 17.6 Å². The smallest absolute Gasteiger partial charge is 0.315 e. The van der Waals surface area contributed by atoms with Crippen LogP contribution in [0.2, 0.25) is 0 Å². The van der Waals surface area contributed by atoms with Crippen LogP contribution in [0.5, 0.6) is 5.75 Å². The van der Waals surface area contributed by atoms with Crippen molar-refractivity contribution in [2.24, 2.45) is 0 Å². The number of hydrogen-bond donors (Lipinski definition) is 2. The van der Waals surface area contributed by atoms with Crippen molar-refractivity contribution >= 4 is 17.8 Å². The zero-order chi connectivity index (χ0) is 16.7. The molecule has 0 heterocycles. The van der Waals surface area contributed by atoms with Crippen molar-refractivity contribution in [3.05, 3.63) is 30.1 Å². The van der Waals surface area contributed by atoms with E-state index >= 15 is 0 Å². The highest BCUT2D eigenvalue weighted by Gasteiger charge is 2.22. The van der Waals surface area contributed by atoms with E-state index in [9.17, 15) is 9.18 Å². The summed E-state index contributed by atoms with van der Waals surface area (Å²) < 4.78 is 18.3. The van der Waals surface area contributed by atoms with Crippen LogP contribution in [0.15, 0.2) is 24.3 Å². The topological polar surface area (TPSA) is 50.4 Å². The molecule has 1 aromatic rings. The molecule has 1 aromatic carbocycles. The van der Waals surface area contributed by atoms with E-state index in [1.807, 2.05) is 18.7 Å². The lowest BCUT2D eigenvalue weighted by molar-refractivity contribution is 0.219. The molecular formula is C17H25FN2O2S. The number of amides is 2. The van der Waals surface area contributed by atoms with Crippen LogP contribution in [-0.4, -0.2) is 36.2 Å². The van der Waals surface area contributed by atoms with E-state index in [4.69, 9.17) is 4.74 Å². The predicted octanol–water partition coefficient (Wildman–Crippen LogP) is 3.57. The number of carbonyl (C=O) groups is 1. The molecule has 0 aromatic heterocycles. The zero-order valence-corrected chi connectivity index (χ0v) is 14.5. The van der Waals surface area contributed by atoms with Gasteiger partial charge in [-0.2, -0.15) is 11.8 Å². The molecule has 4 nitrogen and oxygen atoms in total. The van der Waals surface area contributed by atoms with E-state index in [1.54, 1.807) is 12.1 Å². The summed E-state index contributed by atoms with van der Waals surface area (Å²) in [5.41, 5.74) is 0. The molecule has 0 bridgehead atoms. The number of nitrogens with one attached hydrogen (secondary N) is 2. The monoisotopic (exact) mass is 340 g/mol. The molecule has 3 unspecified atom stereocenters. The highest BCUT2D eigenvalue weighted by Crippen LogP contribution is 2.26. The van der Waals surface area contributed by atoms with Crippen molar-refractivity contribution in [3.63, 3.8) is 0 Å². The predicted molar refractivity (Wildman–Crippen MR) is 92.6 cm³/mol. The minimum atomic E-state index is -0.293. The Balaban J connectivity index is 1.68. The van der Waals surface area contributed by atoms with Crippen LogP contribution in [0.3, 0.4) is 0 Å². The molecule has 2 amide bonds. The van der Waals surface area contributed by atoms with E-state index in [-0.39, 0.29) is 23.9 Å². The minimum absolute atomic E-state index is 0.125. The average Bonchev–Trinajstić information content (AvgIpc) is 2.54. The van der Waals surface area contributed by atoms with Gasteiger partial charge in [-0.3, -0.25) is 0 Å². The van der Waals surface area contributed by atoms with E-state index < -0.39 is 0 Å². The Bertz CT molecular complexity index is 498. The molecule has 0 radical (unpaired) electrons. The maximum atomic E-state index is 12.8. The molecule has 128 valence electrons. The standard InChI is InChI=1S/C17H25FN2O2S/c1-12(11-22-15-8-6-13(18)7-9-15)19-17(21)20-14-4-3-5-16(10-14)23-2/h6-9,12,14,16H,3-5,10-11H2,1-2H3,(H2,19,20,21). The lowest BCUT2D eigenvalue weighted by atomic mass is 9.95. The lowest BCUT2D eigenvalue weighted by Gasteiger charge is -2.29. The van der Waals surface area contributed by atoms with Crippen LogP contribution in [-0.2, 0) is 0 Å². The van der Waals surface area contributed by atoms with Crippen LogP contribution in [0.4, 0.5) is 9.18 Å². The maximum absolute atomic E-state index is 12.8. The van der Waals surface area contributed by atoms with Gasteiger partial charge in [0.15, 0.2) is 0 Å². The fourth-order valence-corrected chi connectivity index (χ4v) is 3.56. The summed E-state index contributed by atoms with van der Waals surface area (Å²) in [7, 11) is 0. The molecule has 2 N–H and O–H groups in total. The number of halogens is 1. The van der Waals surface area contributed by atoms with Crippen molar-refractivity contribution < 1.29 is 13.9 Å². The van der Waals surface area contributed by atoms with Crippen LogP contribution in [0, 0.1) is 5.82 Å². The van der Waals surface area contributed by atoms with Gasteiger partial charge in [0.2, 0.25) is 0 Å². The van der Waals surface area contributed by atoms with Gasteiger partial charge >= 0.3 is 6.03 Å². The quantitative estimate of drug-likeness (QED) is 0.832. The number of benzene rings is 1. The summed E-state index contributed by atoms with van der Waals surface area (Å²) in [6.45, 7) is 2.23. The number of thioether (sulfide) groups is 1. The Morgan fingerprint density at radius 2 is 2.13 bits per heavy atom. The summed E-state index contributed by atoms with van der Waals surface area (Å²) in [5, 5.41) is 6.58. The van der Waals surface area contributed by atoms with Crippen LogP contribution in [0.1, 0.15) is 32.6 Å². The van der Waals surface area contributed by atoms with Gasteiger partial charge in [-0.15, -0.1) is 0 Å². The number of rotatable bonds is 6. The molecule has 23 heavy (non-hydrogen) atoms. The molecule has 2 rings (SSSR count). The number of urea groups is 1. The molecular weight excluding hydrogens is 315 g/mol. The summed E-state index contributed by atoms with van der Waals surface area (Å²) in [5.74, 6) is 0.300. The Kier molecular flexibility index (Phi) is 7.02. The van der Waals surface area contributed by atoms with Gasteiger partial charge in [0, 0.05) is 11.3 Å². The fraction of sp³-hybridized carbons (Fsp3) is 0.588. The molecule has 0 spiro atoms. The Morgan fingerprint density at radius 3 is 2.83 bits per heavy atom. The van der Waals surface area contributed by atoms with E-state index in [2.05, 4.69) is 16.9 Å². The molecule has 6 heteroatoms. The van der Waals surface area contributed by atoms with Crippen LogP contribution >= 0.6 is 11.8 Å². The first-order valence-electron chi connectivity index (χ1n) is 8.05. The summed E-state index contributed by atoms with van der Waals surface area (Å²) in [6.07, 6.45) is 6.62. The highest BCUT2D eigenvalue weighted by molar-refractivity contribution is 7.99. The number of carbonyl (C=O) groups excluding carboxylic acids is 1. The summed E-state index contributed by atoms with van der Waals surface area (Å²) in [6, 6.07) is 5.84. The second kappa shape index (κ2) is 9.01. The maximum Gasteiger partial charge on any atom is 0.315 e. The molecule has 1 saturated carbocycles. The second-order valence-corrected chi connectivity index (χ2v) is 7.14. The van der Waals surface area contributed by atoms with E-state index in [0.717, 1.165) is 12.8 Å². The fourth-order valence-electron chi connectivity index (χ4n) is 2.73. The van der Waals surface area contributed by atoms with Gasteiger partial charge in [0.05, 0.1) is 6.04 Å². The number of hydrogen-bond acceptors (Lipinski definition) is 3. The van der Waals surface area contributed by atoms with Crippen molar-refractivity contribution in [2.75, 3.05) is 12.9 Å². The molecule has 1 aliphatic carbocycles. The van der Waals surface area contributed by atoms with E-state index in [1.165, 1.54) is 25.0 Å². The first kappa shape index (κ1) is 17.9. The lowest BCUT2D eigenvalue weighted by Crippen LogP contribution is -2.48. The average molecular weight is 340 g/mol. The minimum Gasteiger partial charge on any atom is -0.491 e. The van der Waals surface area contributed by atoms with Gasteiger partial charge in [-0.1, -0.05) is 6.42 Å². The third-order valence-corrected chi connectivity index (χ3v) is 5.08. The molecule has 1 aliphatic rings. The van der Waals surface area contributed by atoms with Gasteiger partial charge in [-0.25, -0.2) is 9.18 Å². The normalized spacial score (nSPS) is 22.2. The SMILES string of the molecule is CSC1CCCC(NC(=O)NC(C)COc2ccc(F)cc2)C1. The molecule has 3 atom stereocenters. The van der Waals surface area contributed by atoms with Crippen molar-refractivity contribution in [1.82, 2.24) is 10.6 Å². The zero-order valence-electron chi connectivity index (χ0n) is 13.7. The summed E-state index contributed by atoms with van der Waals surface area (Å²) in [4.78, 5) is 12.0. The molecule has 0 saturated heterocycles. The Morgan fingerprint density at radius 1 is 1.39 bits per heavy atom. The van der Waals surface area contributed by atoms with Gasteiger partial charge in [0.1, 0.15) is 18.2 Å². The van der Waals surface area contributed by atoms with Crippen molar-refractivity contribution in [2.45, 2.75) is 49.9 Å². The Labute approximate surface area is 141 Å². The Hall–Kier alpha value is -1.43.